The summed E-state index contributed by atoms with van der Waals surface area (Å²) in [4.78, 5) is 14.9. The molecule has 2 aliphatic heterocycles. The Balaban J connectivity index is 1.24. The number of urea groups is 1. The van der Waals surface area contributed by atoms with E-state index in [1.807, 2.05) is 6.07 Å². The number of anilines is 2. The fraction of sp³-hybridized carbons (Fsp3) is 0.462. The lowest BCUT2D eigenvalue weighted by Crippen LogP contribution is -2.61. The maximum atomic E-state index is 12.5. The van der Waals surface area contributed by atoms with Crippen molar-refractivity contribution in [1.29, 1.82) is 5.26 Å². The standard InChI is InChI=1S/C26H35ClN8O2/c1-37-24-12-19(6-7-30-15-18-2-4-21(5-3-18)35-10-8-29-9-11-35)22(27)13-23(24)33-26(36)34-25-17-31-20(14-28)16-32-25/h2-5,12-13,20,25,29-32H,6-11,15-17H2,1H3,(H2,33,34,36). The molecule has 37 heavy (non-hydrogen) atoms. The summed E-state index contributed by atoms with van der Waals surface area (Å²) >= 11 is 6.54. The Hall–Kier alpha value is -3.07. The summed E-state index contributed by atoms with van der Waals surface area (Å²) in [5, 5.41) is 28.2. The second kappa shape index (κ2) is 13.5. The van der Waals surface area contributed by atoms with E-state index in [9.17, 15) is 4.79 Å². The third-order valence-corrected chi connectivity index (χ3v) is 6.89. The largest absolute Gasteiger partial charge is 0.495 e. The molecule has 2 amide bonds. The summed E-state index contributed by atoms with van der Waals surface area (Å²) < 4.78 is 5.50. The number of rotatable bonds is 9. The van der Waals surface area contributed by atoms with Gasteiger partial charge in [-0.25, -0.2) is 4.79 Å². The first-order chi connectivity index (χ1) is 18.1. The predicted molar refractivity (Wildman–Crippen MR) is 146 cm³/mol. The number of nitrogens with zero attached hydrogens (tertiary/aromatic N) is 2. The van der Waals surface area contributed by atoms with Gasteiger partial charge in [0.2, 0.25) is 0 Å². The van der Waals surface area contributed by atoms with Gasteiger partial charge in [0.15, 0.2) is 0 Å². The van der Waals surface area contributed by atoms with E-state index in [2.05, 4.69) is 67.1 Å². The monoisotopic (exact) mass is 526 g/mol. The van der Waals surface area contributed by atoms with Crippen molar-refractivity contribution in [3.63, 3.8) is 0 Å². The maximum absolute atomic E-state index is 12.5. The van der Waals surface area contributed by atoms with Crippen molar-refractivity contribution >= 4 is 29.0 Å². The van der Waals surface area contributed by atoms with Crippen LogP contribution in [0.2, 0.25) is 5.02 Å². The van der Waals surface area contributed by atoms with E-state index in [0.717, 1.165) is 51.3 Å². The van der Waals surface area contributed by atoms with Crippen molar-refractivity contribution in [2.75, 3.05) is 63.1 Å². The highest BCUT2D eigenvalue weighted by atomic mass is 35.5. The average Bonchev–Trinajstić information content (AvgIpc) is 2.93. The van der Waals surface area contributed by atoms with Crippen LogP contribution >= 0.6 is 11.6 Å². The summed E-state index contributed by atoms with van der Waals surface area (Å²) in [6, 6.07) is 13.8. The van der Waals surface area contributed by atoms with E-state index in [0.29, 0.717) is 29.5 Å². The molecule has 11 heteroatoms. The Kier molecular flexibility index (Phi) is 9.82. The van der Waals surface area contributed by atoms with E-state index >= 15 is 0 Å². The molecule has 2 saturated heterocycles. The van der Waals surface area contributed by atoms with Gasteiger partial charge in [-0.3, -0.25) is 10.6 Å². The van der Waals surface area contributed by atoms with Crippen LogP contribution in [0.4, 0.5) is 16.2 Å². The molecule has 6 N–H and O–H groups in total. The van der Waals surface area contributed by atoms with Gasteiger partial charge < -0.3 is 30.9 Å². The zero-order chi connectivity index (χ0) is 26.0. The van der Waals surface area contributed by atoms with Crippen molar-refractivity contribution < 1.29 is 9.53 Å². The van der Waals surface area contributed by atoms with E-state index in [4.69, 9.17) is 21.6 Å². The molecule has 0 spiro atoms. The third kappa shape index (κ3) is 7.71. The van der Waals surface area contributed by atoms with Gasteiger partial charge in [-0.1, -0.05) is 23.7 Å². The number of benzene rings is 2. The second-order valence-electron chi connectivity index (χ2n) is 9.12. The summed E-state index contributed by atoms with van der Waals surface area (Å²) in [6.45, 7) is 6.58. The minimum atomic E-state index is -0.388. The molecule has 2 aromatic carbocycles. The fourth-order valence-electron chi connectivity index (χ4n) is 4.43. The van der Waals surface area contributed by atoms with Crippen molar-refractivity contribution in [2.24, 2.45) is 0 Å². The van der Waals surface area contributed by atoms with E-state index in [-0.39, 0.29) is 18.2 Å². The van der Waals surface area contributed by atoms with Crippen molar-refractivity contribution in [1.82, 2.24) is 26.6 Å². The van der Waals surface area contributed by atoms with Crippen LogP contribution in [0.25, 0.3) is 0 Å². The number of nitriles is 1. The highest BCUT2D eigenvalue weighted by Crippen LogP contribution is 2.31. The first-order valence-corrected chi connectivity index (χ1v) is 13.0. The molecule has 0 bridgehead atoms. The minimum absolute atomic E-state index is 0.259. The number of ether oxygens (including phenoxy) is 1. The van der Waals surface area contributed by atoms with Crippen molar-refractivity contribution in [2.45, 2.75) is 25.2 Å². The topological polar surface area (TPSA) is 126 Å². The second-order valence-corrected chi connectivity index (χ2v) is 9.53. The van der Waals surface area contributed by atoms with Gasteiger partial charge in [-0.05, 0) is 48.4 Å². The third-order valence-electron chi connectivity index (χ3n) is 6.53. The molecule has 4 rings (SSSR count). The van der Waals surface area contributed by atoms with Gasteiger partial charge >= 0.3 is 6.03 Å². The summed E-state index contributed by atoms with van der Waals surface area (Å²) in [7, 11) is 1.56. The molecule has 2 aliphatic rings. The van der Waals surface area contributed by atoms with E-state index < -0.39 is 0 Å². The summed E-state index contributed by atoms with van der Waals surface area (Å²) in [6.07, 6.45) is 0.438. The first kappa shape index (κ1) is 27.0. The molecule has 0 saturated carbocycles. The first-order valence-electron chi connectivity index (χ1n) is 12.6. The summed E-state index contributed by atoms with van der Waals surface area (Å²) in [5.41, 5.74) is 3.93. The fourth-order valence-corrected chi connectivity index (χ4v) is 4.69. The van der Waals surface area contributed by atoms with Crippen LogP contribution in [-0.2, 0) is 13.0 Å². The molecule has 2 aromatic rings. The van der Waals surface area contributed by atoms with Crippen LogP contribution < -0.4 is 41.5 Å². The quantitative estimate of drug-likeness (QED) is 0.272. The smallest absolute Gasteiger partial charge is 0.320 e. The SMILES string of the molecule is COc1cc(CCNCc2ccc(N3CCNCC3)cc2)c(Cl)cc1NC(=O)NC1CNC(C#N)CN1. The number of nitrogens with one attached hydrogen (secondary N) is 6. The molecule has 10 nitrogen and oxygen atoms in total. The van der Waals surface area contributed by atoms with Gasteiger partial charge in [0.1, 0.15) is 11.8 Å². The average molecular weight is 527 g/mol. The number of piperazine rings is 2. The molecule has 0 radical (unpaired) electrons. The molecule has 2 fully saturated rings. The van der Waals surface area contributed by atoms with Crippen LogP contribution in [0.1, 0.15) is 11.1 Å². The van der Waals surface area contributed by atoms with Gasteiger partial charge in [-0.15, -0.1) is 0 Å². The molecule has 2 heterocycles. The zero-order valence-corrected chi connectivity index (χ0v) is 21.8. The van der Waals surface area contributed by atoms with Crippen LogP contribution in [0, 0.1) is 11.3 Å². The highest BCUT2D eigenvalue weighted by molar-refractivity contribution is 6.31. The van der Waals surface area contributed by atoms with E-state index in [1.54, 1.807) is 13.2 Å². The lowest BCUT2D eigenvalue weighted by molar-refractivity contribution is 0.241. The van der Waals surface area contributed by atoms with Crippen LogP contribution in [0.5, 0.6) is 5.75 Å². The van der Waals surface area contributed by atoms with Gasteiger partial charge in [-0.2, -0.15) is 5.26 Å². The normalized spacial score (nSPS) is 19.6. The van der Waals surface area contributed by atoms with Gasteiger partial charge in [0.25, 0.3) is 0 Å². The van der Waals surface area contributed by atoms with Crippen LogP contribution in [-0.4, -0.2) is 71.2 Å². The van der Waals surface area contributed by atoms with E-state index in [1.165, 1.54) is 11.3 Å². The van der Waals surface area contributed by atoms with Crippen LogP contribution in [0.15, 0.2) is 36.4 Å². The number of amides is 2. The zero-order valence-electron chi connectivity index (χ0n) is 21.1. The maximum Gasteiger partial charge on any atom is 0.320 e. The number of hydrogen-bond donors (Lipinski definition) is 6. The summed E-state index contributed by atoms with van der Waals surface area (Å²) in [5.74, 6) is 0.539. The van der Waals surface area contributed by atoms with Crippen LogP contribution in [0.3, 0.4) is 0 Å². The molecule has 0 aliphatic carbocycles. The molecular formula is C26H35ClN8O2. The number of methoxy groups -OCH3 is 1. The molecular weight excluding hydrogens is 492 g/mol. The molecule has 2 unspecified atom stereocenters. The Morgan fingerprint density at radius 1 is 1.19 bits per heavy atom. The van der Waals surface area contributed by atoms with Crippen molar-refractivity contribution in [3.8, 4) is 11.8 Å². The molecule has 198 valence electrons. The Bertz CT molecular complexity index is 1080. The Morgan fingerprint density at radius 2 is 1.97 bits per heavy atom. The predicted octanol–water partition coefficient (Wildman–Crippen LogP) is 1.62. The lowest BCUT2D eigenvalue weighted by Gasteiger charge is -2.29. The number of carbonyl (C=O) groups is 1. The number of hydrogen-bond acceptors (Lipinski definition) is 8. The number of halogens is 1. The highest BCUT2D eigenvalue weighted by Gasteiger charge is 2.21. The molecule has 0 aromatic heterocycles. The minimum Gasteiger partial charge on any atom is -0.495 e. The van der Waals surface area contributed by atoms with Gasteiger partial charge in [0, 0.05) is 56.5 Å². The lowest BCUT2D eigenvalue weighted by atomic mass is 10.1. The molecule has 2 atom stereocenters. The Labute approximate surface area is 223 Å². The number of carbonyl (C=O) groups excluding carboxylic acids is 1. The Morgan fingerprint density at radius 3 is 2.65 bits per heavy atom. The van der Waals surface area contributed by atoms with Crippen molar-refractivity contribution in [3.05, 3.63) is 52.5 Å². The van der Waals surface area contributed by atoms with Gasteiger partial charge in [0.05, 0.1) is 25.0 Å².